The molecule has 4 rings (SSSR count). The van der Waals surface area contributed by atoms with Crippen LogP contribution in [0, 0.1) is 5.92 Å². The number of nitrogens with zero attached hydrogens (tertiary/aromatic N) is 3. The molecule has 176 valence electrons. The maximum Gasteiger partial charge on any atom is 0.322 e. The highest BCUT2D eigenvalue weighted by Crippen LogP contribution is 2.30. The van der Waals surface area contributed by atoms with Gasteiger partial charge in [-0.2, -0.15) is 0 Å². The van der Waals surface area contributed by atoms with Gasteiger partial charge in [0.2, 0.25) is 11.8 Å². The van der Waals surface area contributed by atoms with E-state index in [-0.39, 0.29) is 30.1 Å². The number of phenols is 1. The summed E-state index contributed by atoms with van der Waals surface area (Å²) in [5.74, 6) is 0.0642. The van der Waals surface area contributed by atoms with Crippen LogP contribution in [0.1, 0.15) is 38.5 Å². The summed E-state index contributed by atoms with van der Waals surface area (Å²) in [4.78, 5) is 46.1. The van der Waals surface area contributed by atoms with E-state index in [0.29, 0.717) is 36.2 Å². The van der Waals surface area contributed by atoms with Gasteiger partial charge in [0.1, 0.15) is 18.3 Å². The van der Waals surface area contributed by atoms with Crippen molar-refractivity contribution < 1.29 is 19.5 Å². The summed E-state index contributed by atoms with van der Waals surface area (Å²) in [6.07, 6.45) is 7.94. The molecule has 0 unspecified atom stereocenters. The van der Waals surface area contributed by atoms with Crippen LogP contribution < -0.4 is 10.6 Å². The number of rotatable bonds is 6. The second-order valence-electron chi connectivity index (χ2n) is 8.57. The Morgan fingerprint density at radius 1 is 1.12 bits per heavy atom. The highest BCUT2D eigenvalue weighted by atomic mass is 32.1. The number of urea groups is 1. The number of aromatic nitrogens is 1. The summed E-state index contributed by atoms with van der Waals surface area (Å²) in [7, 11) is 0. The summed E-state index contributed by atoms with van der Waals surface area (Å²) in [6.45, 7) is 0.543. The van der Waals surface area contributed by atoms with Gasteiger partial charge >= 0.3 is 6.03 Å². The predicted molar refractivity (Wildman–Crippen MR) is 126 cm³/mol. The van der Waals surface area contributed by atoms with Crippen molar-refractivity contribution in [1.29, 1.82) is 0 Å². The lowest BCUT2D eigenvalue weighted by molar-refractivity contribution is -0.142. The van der Waals surface area contributed by atoms with Gasteiger partial charge in [-0.25, -0.2) is 9.78 Å². The first kappa shape index (κ1) is 23.0. The van der Waals surface area contributed by atoms with Gasteiger partial charge in [0, 0.05) is 30.4 Å². The Kier molecular flexibility index (Phi) is 7.43. The molecule has 9 nitrogen and oxygen atoms in total. The molecule has 4 amide bonds. The van der Waals surface area contributed by atoms with E-state index in [4.69, 9.17) is 0 Å². The molecular weight excluding hydrogens is 442 g/mol. The van der Waals surface area contributed by atoms with Gasteiger partial charge in [-0.1, -0.05) is 32.1 Å². The number of benzene rings is 1. The van der Waals surface area contributed by atoms with Crippen molar-refractivity contribution in [3.63, 3.8) is 0 Å². The van der Waals surface area contributed by atoms with Crippen molar-refractivity contribution in [2.45, 2.75) is 44.6 Å². The normalized spacial score (nSPS) is 18.1. The number of thiazole rings is 1. The largest absolute Gasteiger partial charge is 0.508 e. The van der Waals surface area contributed by atoms with Gasteiger partial charge < -0.3 is 25.5 Å². The molecule has 10 heteroatoms. The van der Waals surface area contributed by atoms with Gasteiger partial charge in [0.05, 0.1) is 0 Å². The molecule has 0 bridgehead atoms. The standard InChI is InChI=1S/C23H29N5O4S/c29-18-8-6-17(7-9-18)25-23(32)27-11-12-28(20(30)15-27)19(14-16-4-2-1-3-5-16)21(31)26-22-24-10-13-33-22/h6-10,13,16,19,29H,1-5,11-12,14-15H2,(H,25,32)(H,24,26,31)/t19-/m0/s1. The Bertz CT molecular complexity index is 960. The van der Waals surface area contributed by atoms with Crippen molar-refractivity contribution in [2.24, 2.45) is 5.92 Å². The van der Waals surface area contributed by atoms with E-state index in [0.717, 1.165) is 25.7 Å². The quantitative estimate of drug-likeness (QED) is 0.558. The first-order chi connectivity index (χ1) is 16.0. The zero-order chi connectivity index (χ0) is 23.2. The molecular formula is C23H29N5O4S. The van der Waals surface area contributed by atoms with Crippen molar-refractivity contribution in [3.05, 3.63) is 35.8 Å². The molecule has 1 atom stereocenters. The van der Waals surface area contributed by atoms with Gasteiger partial charge in [0.15, 0.2) is 5.13 Å². The molecule has 2 aromatic rings. The molecule has 2 aliphatic rings. The summed E-state index contributed by atoms with van der Waals surface area (Å²) >= 11 is 1.34. The number of amides is 4. The number of nitrogens with one attached hydrogen (secondary N) is 2. The first-order valence-electron chi connectivity index (χ1n) is 11.3. The van der Waals surface area contributed by atoms with Gasteiger partial charge in [-0.3, -0.25) is 9.59 Å². The number of carbonyl (C=O) groups is 3. The van der Waals surface area contributed by atoms with E-state index in [1.807, 2.05) is 0 Å². The summed E-state index contributed by atoms with van der Waals surface area (Å²) < 4.78 is 0. The molecule has 1 saturated carbocycles. The van der Waals surface area contributed by atoms with Gasteiger partial charge in [-0.15, -0.1) is 11.3 Å². The minimum Gasteiger partial charge on any atom is -0.508 e. The molecule has 0 radical (unpaired) electrons. The number of aromatic hydroxyl groups is 1. The molecule has 1 aromatic carbocycles. The van der Waals surface area contributed by atoms with Crippen LogP contribution in [0.15, 0.2) is 35.8 Å². The van der Waals surface area contributed by atoms with Crippen LogP contribution in [0.5, 0.6) is 5.75 Å². The van der Waals surface area contributed by atoms with Crippen molar-refractivity contribution in [1.82, 2.24) is 14.8 Å². The lowest BCUT2D eigenvalue weighted by Gasteiger charge is -2.39. The summed E-state index contributed by atoms with van der Waals surface area (Å²) in [6, 6.07) is 5.19. The van der Waals surface area contributed by atoms with Crippen LogP contribution in [0.2, 0.25) is 0 Å². The average Bonchev–Trinajstić information content (AvgIpc) is 3.33. The molecule has 1 aliphatic heterocycles. The van der Waals surface area contributed by atoms with Crippen LogP contribution in [-0.4, -0.2) is 63.4 Å². The summed E-state index contributed by atoms with van der Waals surface area (Å²) in [5, 5.41) is 17.3. The Hall–Kier alpha value is -3.14. The smallest absolute Gasteiger partial charge is 0.322 e. The lowest BCUT2D eigenvalue weighted by Crippen LogP contribution is -2.59. The third kappa shape index (κ3) is 6.01. The molecule has 0 spiro atoms. The summed E-state index contributed by atoms with van der Waals surface area (Å²) in [5.41, 5.74) is 0.533. The van der Waals surface area contributed by atoms with E-state index >= 15 is 0 Å². The van der Waals surface area contributed by atoms with Crippen molar-refractivity contribution in [2.75, 3.05) is 30.3 Å². The maximum absolute atomic E-state index is 13.2. The fourth-order valence-corrected chi connectivity index (χ4v) is 5.06. The number of hydrogen-bond donors (Lipinski definition) is 3. The second kappa shape index (κ2) is 10.7. The van der Waals surface area contributed by atoms with E-state index < -0.39 is 6.04 Å². The van der Waals surface area contributed by atoms with Crippen molar-refractivity contribution >= 4 is 40.0 Å². The Morgan fingerprint density at radius 2 is 1.88 bits per heavy atom. The number of piperazine rings is 1. The fourth-order valence-electron chi connectivity index (χ4n) is 4.52. The topological polar surface area (TPSA) is 115 Å². The average molecular weight is 472 g/mol. The van der Waals surface area contributed by atoms with Crippen LogP contribution in [0.3, 0.4) is 0 Å². The monoisotopic (exact) mass is 471 g/mol. The number of hydrogen-bond acceptors (Lipinski definition) is 6. The predicted octanol–water partition coefficient (Wildman–Crippen LogP) is 3.50. The van der Waals surface area contributed by atoms with E-state index in [1.54, 1.807) is 28.6 Å². The van der Waals surface area contributed by atoms with Gasteiger partial charge in [0.25, 0.3) is 0 Å². The molecule has 33 heavy (non-hydrogen) atoms. The van der Waals surface area contributed by atoms with Crippen LogP contribution in [0.25, 0.3) is 0 Å². The number of phenolic OH excluding ortho intramolecular Hbond substituents is 1. The maximum atomic E-state index is 13.2. The third-order valence-electron chi connectivity index (χ3n) is 6.29. The zero-order valence-corrected chi connectivity index (χ0v) is 19.2. The molecule has 1 aromatic heterocycles. The number of anilines is 2. The van der Waals surface area contributed by atoms with Crippen LogP contribution in [0.4, 0.5) is 15.6 Å². The molecule has 1 saturated heterocycles. The zero-order valence-electron chi connectivity index (χ0n) is 18.4. The molecule has 3 N–H and O–H groups in total. The Morgan fingerprint density at radius 3 is 2.55 bits per heavy atom. The third-order valence-corrected chi connectivity index (χ3v) is 6.97. The highest BCUT2D eigenvalue weighted by molar-refractivity contribution is 7.13. The van der Waals surface area contributed by atoms with E-state index in [9.17, 15) is 19.5 Å². The van der Waals surface area contributed by atoms with Gasteiger partial charge in [-0.05, 0) is 36.6 Å². The molecule has 2 fully saturated rings. The fraction of sp³-hybridized carbons (Fsp3) is 0.478. The van der Waals surface area contributed by atoms with Crippen LogP contribution in [-0.2, 0) is 9.59 Å². The molecule has 1 aliphatic carbocycles. The molecule has 2 heterocycles. The Balaban J connectivity index is 1.41. The second-order valence-corrected chi connectivity index (χ2v) is 9.46. The lowest BCUT2D eigenvalue weighted by atomic mass is 9.84. The number of carbonyl (C=O) groups excluding carboxylic acids is 3. The Labute approximate surface area is 196 Å². The van der Waals surface area contributed by atoms with Crippen LogP contribution >= 0.6 is 11.3 Å². The first-order valence-corrected chi connectivity index (χ1v) is 12.2. The highest BCUT2D eigenvalue weighted by Gasteiger charge is 2.37. The minimum absolute atomic E-state index is 0.0877. The minimum atomic E-state index is -0.577. The van der Waals surface area contributed by atoms with E-state index in [1.165, 1.54) is 34.8 Å². The SMILES string of the molecule is O=C(Nc1nccs1)[C@H](CC1CCCCC1)N1CCN(C(=O)Nc2ccc(O)cc2)CC1=O. The van der Waals surface area contributed by atoms with E-state index in [2.05, 4.69) is 15.6 Å². The van der Waals surface area contributed by atoms with Crippen molar-refractivity contribution in [3.8, 4) is 5.75 Å².